The maximum atomic E-state index is 13.7. The first-order valence-corrected chi connectivity index (χ1v) is 7.42. The fraction of sp³-hybridized carbons (Fsp3) is 1.00. The van der Waals surface area contributed by atoms with Crippen molar-refractivity contribution >= 4 is 0 Å². The van der Waals surface area contributed by atoms with E-state index in [-0.39, 0.29) is 12.5 Å². The number of hydrogen-bond acceptors (Lipinski definition) is 3. The molecule has 0 amide bonds. The van der Waals surface area contributed by atoms with Gasteiger partial charge >= 0.3 is 0 Å². The summed E-state index contributed by atoms with van der Waals surface area (Å²) < 4.78 is 27.4. The SMILES string of the molecule is CC(C)N(C)[C@@H]1CCN([C@H]2CCCC(F)(F)[C@@H]2N)C1. The van der Waals surface area contributed by atoms with Gasteiger partial charge in [-0.3, -0.25) is 9.80 Å². The maximum Gasteiger partial charge on any atom is 0.264 e. The summed E-state index contributed by atoms with van der Waals surface area (Å²) in [5.74, 6) is -2.69. The van der Waals surface area contributed by atoms with Crippen LogP contribution in [-0.2, 0) is 0 Å². The minimum atomic E-state index is -2.69. The van der Waals surface area contributed by atoms with Crippen LogP contribution in [0.3, 0.4) is 0 Å². The lowest BCUT2D eigenvalue weighted by Crippen LogP contribution is -2.58. The van der Waals surface area contributed by atoms with Gasteiger partial charge in [0.05, 0.1) is 6.04 Å². The van der Waals surface area contributed by atoms with Gasteiger partial charge in [0.15, 0.2) is 0 Å². The van der Waals surface area contributed by atoms with E-state index in [9.17, 15) is 8.78 Å². The predicted molar refractivity (Wildman–Crippen MR) is 73.4 cm³/mol. The Labute approximate surface area is 115 Å². The van der Waals surface area contributed by atoms with E-state index < -0.39 is 12.0 Å². The van der Waals surface area contributed by atoms with Gasteiger partial charge in [-0.2, -0.15) is 0 Å². The molecule has 5 heteroatoms. The zero-order valence-electron chi connectivity index (χ0n) is 12.3. The number of halogens is 2. The molecule has 0 aromatic heterocycles. The molecule has 112 valence electrons. The number of nitrogens with two attached hydrogens (primary N) is 1. The van der Waals surface area contributed by atoms with Crippen LogP contribution in [0.5, 0.6) is 0 Å². The van der Waals surface area contributed by atoms with Crippen LogP contribution in [0.15, 0.2) is 0 Å². The van der Waals surface area contributed by atoms with Gasteiger partial charge in [0.1, 0.15) is 0 Å². The molecule has 0 aromatic rings. The minimum Gasteiger partial charge on any atom is -0.321 e. The molecule has 1 saturated heterocycles. The second-order valence-electron chi connectivity index (χ2n) is 6.44. The van der Waals surface area contributed by atoms with Gasteiger partial charge in [0, 0.05) is 37.6 Å². The molecule has 0 unspecified atom stereocenters. The normalized spacial score (nSPS) is 36.3. The third-order valence-corrected chi connectivity index (χ3v) is 4.97. The van der Waals surface area contributed by atoms with Gasteiger partial charge in [-0.1, -0.05) is 0 Å². The standard InChI is InChI=1S/C14H27F2N3/c1-10(2)18(3)11-6-8-19(9-11)12-5-4-7-14(15,16)13(12)17/h10-13H,4-9,17H2,1-3H3/t11-,12+,13-/m1/s1. The Kier molecular flexibility index (Phi) is 4.48. The molecule has 0 bridgehead atoms. The smallest absolute Gasteiger partial charge is 0.264 e. The second kappa shape index (κ2) is 5.62. The van der Waals surface area contributed by atoms with E-state index in [4.69, 9.17) is 5.73 Å². The highest BCUT2D eigenvalue weighted by atomic mass is 19.3. The highest BCUT2D eigenvalue weighted by molar-refractivity contribution is 4.99. The molecule has 1 aliphatic heterocycles. The first-order chi connectivity index (χ1) is 8.83. The lowest BCUT2D eigenvalue weighted by molar-refractivity contribution is -0.0803. The Balaban J connectivity index is 1.97. The molecule has 3 atom stereocenters. The zero-order chi connectivity index (χ0) is 14.2. The first-order valence-electron chi connectivity index (χ1n) is 7.42. The van der Waals surface area contributed by atoms with Crippen molar-refractivity contribution in [3.8, 4) is 0 Å². The van der Waals surface area contributed by atoms with Crippen LogP contribution in [0.25, 0.3) is 0 Å². The number of likely N-dealkylation sites (tertiary alicyclic amines) is 1. The molecule has 1 heterocycles. The molecule has 0 aromatic carbocycles. The second-order valence-corrected chi connectivity index (χ2v) is 6.44. The summed E-state index contributed by atoms with van der Waals surface area (Å²) in [4.78, 5) is 4.54. The number of rotatable bonds is 3. The van der Waals surface area contributed by atoms with Crippen LogP contribution >= 0.6 is 0 Å². The van der Waals surface area contributed by atoms with Crippen molar-refractivity contribution in [2.75, 3.05) is 20.1 Å². The predicted octanol–water partition coefficient (Wildman–Crippen LogP) is 1.92. The van der Waals surface area contributed by atoms with Gasteiger partial charge < -0.3 is 5.73 Å². The molecule has 1 saturated carbocycles. The first kappa shape index (κ1) is 15.1. The molecule has 1 aliphatic carbocycles. The molecule has 2 N–H and O–H groups in total. The van der Waals surface area contributed by atoms with Crippen LogP contribution in [-0.4, -0.2) is 60.0 Å². The van der Waals surface area contributed by atoms with Crippen LogP contribution < -0.4 is 5.73 Å². The number of nitrogens with zero attached hydrogens (tertiary/aromatic N) is 2. The van der Waals surface area contributed by atoms with Crippen LogP contribution in [0, 0.1) is 0 Å². The molecule has 0 spiro atoms. The fourth-order valence-electron chi connectivity index (χ4n) is 3.41. The van der Waals surface area contributed by atoms with Crippen molar-refractivity contribution < 1.29 is 8.78 Å². The summed E-state index contributed by atoms with van der Waals surface area (Å²) in [7, 11) is 2.12. The average molecular weight is 275 g/mol. The third kappa shape index (κ3) is 3.09. The van der Waals surface area contributed by atoms with E-state index in [1.54, 1.807) is 0 Å². The topological polar surface area (TPSA) is 32.5 Å². The van der Waals surface area contributed by atoms with Crippen LogP contribution in [0.4, 0.5) is 8.78 Å². The Morgan fingerprint density at radius 1 is 1.32 bits per heavy atom. The Morgan fingerprint density at radius 3 is 2.63 bits per heavy atom. The highest BCUT2D eigenvalue weighted by Gasteiger charge is 2.47. The maximum absolute atomic E-state index is 13.7. The van der Waals surface area contributed by atoms with E-state index in [1.165, 1.54) is 0 Å². The van der Waals surface area contributed by atoms with Gasteiger partial charge in [-0.25, -0.2) is 8.78 Å². The zero-order valence-corrected chi connectivity index (χ0v) is 12.3. The molecule has 19 heavy (non-hydrogen) atoms. The molecule has 2 fully saturated rings. The molecule has 2 aliphatic rings. The summed E-state index contributed by atoms with van der Waals surface area (Å²) in [6.07, 6.45) is 2.42. The lowest BCUT2D eigenvalue weighted by Gasteiger charge is -2.40. The molecular formula is C14H27F2N3. The average Bonchev–Trinajstić information content (AvgIpc) is 2.80. The van der Waals surface area contributed by atoms with Gasteiger partial charge in [-0.05, 0) is 40.2 Å². The molecule has 2 rings (SSSR count). The Bertz CT molecular complexity index is 309. The van der Waals surface area contributed by atoms with Crippen LogP contribution in [0.2, 0.25) is 0 Å². The van der Waals surface area contributed by atoms with Crippen molar-refractivity contribution in [3.05, 3.63) is 0 Å². The van der Waals surface area contributed by atoms with Crippen molar-refractivity contribution in [2.24, 2.45) is 5.73 Å². The fourth-order valence-corrected chi connectivity index (χ4v) is 3.41. The number of likely N-dealkylation sites (N-methyl/N-ethyl adjacent to an activating group) is 1. The molecular weight excluding hydrogens is 248 g/mol. The highest BCUT2D eigenvalue weighted by Crippen LogP contribution is 2.36. The van der Waals surface area contributed by atoms with E-state index in [0.717, 1.165) is 25.9 Å². The summed E-state index contributed by atoms with van der Waals surface area (Å²) in [6, 6.07) is -0.173. The lowest BCUT2D eigenvalue weighted by atomic mass is 9.86. The van der Waals surface area contributed by atoms with E-state index >= 15 is 0 Å². The van der Waals surface area contributed by atoms with Gasteiger partial charge in [-0.15, -0.1) is 0 Å². The largest absolute Gasteiger partial charge is 0.321 e. The molecule has 3 nitrogen and oxygen atoms in total. The van der Waals surface area contributed by atoms with Gasteiger partial charge in [0.2, 0.25) is 0 Å². The molecule has 0 radical (unpaired) electrons. The number of hydrogen-bond donors (Lipinski definition) is 1. The Morgan fingerprint density at radius 2 is 2.00 bits per heavy atom. The summed E-state index contributed by atoms with van der Waals surface area (Å²) in [5.41, 5.74) is 5.81. The monoisotopic (exact) mass is 275 g/mol. The Hall–Kier alpha value is -0.260. The quantitative estimate of drug-likeness (QED) is 0.854. The summed E-state index contributed by atoms with van der Waals surface area (Å²) in [6.45, 7) is 6.12. The van der Waals surface area contributed by atoms with Gasteiger partial charge in [0.25, 0.3) is 5.92 Å². The van der Waals surface area contributed by atoms with Crippen molar-refractivity contribution in [3.63, 3.8) is 0 Å². The third-order valence-electron chi connectivity index (χ3n) is 4.97. The number of alkyl halides is 2. The van der Waals surface area contributed by atoms with Crippen molar-refractivity contribution in [1.82, 2.24) is 9.80 Å². The summed E-state index contributed by atoms with van der Waals surface area (Å²) in [5, 5.41) is 0. The van der Waals surface area contributed by atoms with E-state index in [0.29, 0.717) is 18.5 Å². The summed E-state index contributed by atoms with van der Waals surface area (Å²) >= 11 is 0. The van der Waals surface area contributed by atoms with E-state index in [2.05, 4.69) is 30.7 Å². The van der Waals surface area contributed by atoms with E-state index in [1.807, 2.05) is 0 Å². The minimum absolute atomic E-state index is 0.0478. The van der Waals surface area contributed by atoms with Crippen molar-refractivity contribution in [1.29, 1.82) is 0 Å². The van der Waals surface area contributed by atoms with Crippen molar-refractivity contribution in [2.45, 2.75) is 69.6 Å². The van der Waals surface area contributed by atoms with Crippen LogP contribution in [0.1, 0.15) is 39.5 Å².